The number of hydrogen-bond donors (Lipinski definition) is 0. The smallest absolute Gasteiger partial charge is 0.155 e. The Morgan fingerprint density at radius 1 is 0.574 bits per heavy atom. The molecule has 47 heavy (non-hydrogen) atoms. The second kappa shape index (κ2) is 10.7. The Kier molecular flexibility index (Phi) is 6.33. The summed E-state index contributed by atoms with van der Waals surface area (Å²) in [7, 11) is 0. The fraction of sp³-hybridized carbons (Fsp3) is 0.111. The van der Waals surface area contributed by atoms with E-state index in [1.54, 1.807) is 0 Å². The first-order valence-corrected chi connectivity index (χ1v) is 16.6. The van der Waals surface area contributed by atoms with E-state index in [9.17, 15) is 0 Å². The first-order chi connectivity index (χ1) is 23.1. The van der Waals surface area contributed by atoms with Crippen LogP contribution in [0.2, 0.25) is 0 Å². The number of furan rings is 1. The Labute approximate surface area is 276 Å². The van der Waals surface area contributed by atoms with Gasteiger partial charge in [0.05, 0.1) is 11.4 Å². The number of nitrogens with zero attached hydrogens (tertiary/aromatic N) is 1. The number of benzene rings is 6. The van der Waals surface area contributed by atoms with Gasteiger partial charge in [-0.3, -0.25) is 0 Å². The van der Waals surface area contributed by atoms with Crippen LogP contribution in [0, 0.1) is 0 Å². The standard InChI is InChI=1S/C45H35NO/c1-45(2)38-22-10-9-18-37(38)42-39(45)23-13-24-40(42)46(33-28-26-31(27-29-33)30-14-5-3-6-15-30)41-25-12-21-36-35-20-11-19-34(43(35)47-44(36)41)32-16-7-4-8-17-32/h3-11,13-20,22-29H,12,21H2,1-2H3. The van der Waals surface area contributed by atoms with Crippen LogP contribution in [0.4, 0.5) is 11.4 Å². The van der Waals surface area contributed by atoms with Crippen LogP contribution in [-0.2, 0) is 11.8 Å². The number of fused-ring (bicyclic) bond motifs is 6. The summed E-state index contributed by atoms with van der Waals surface area (Å²) in [6.45, 7) is 4.70. The van der Waals surface area contributed by atoms with Gasteiger partial charge in [-0.15, -0.1) is 0 Å². The van der Waals surface area contributed by atoms with Crippen LogP contribution in [0.1, 0.15) is 42.7 Å². The third kappa shape index (κ3) is 4.32. The average molecular weight is 606 g/mol. The van der Waals surface area contributed by atoms with E-state index in [1.807, 2.05) is 0 Å². The van der Waals surface area contributed by atoms with Gasteiger partial charge in [0.25, 0.3) is 0 Å². The van der Waals surface area contributed by atoms with Gasteiger partial charge in [0.2, 0.25) is 0 Å². The lowest BCUT2D eigenvalue weighted by atomic mass is 9.82. The van der Waals surface area contributed by atoms with Crippen LogP contribution in [0.5, 0.6) is 0 Å². The molecule has 1 aromatic heterocycles. The third-order valence-corrected chi connectivity index (χ3v) is 10.2. The van der Waals surface area contributed by atoms with Gasteiger partial charge in [-0.05, 0) is 64.4 Å². The van der Waals surface area contributed by atoms with E-state index in [1.165, 1.54) is 55.6 Å². The summed E-state index contributed by atoms with van der Waals surface area (Å²) >= 11 is 0. The number of allylic oxidation sites excluding steroid dienone is 1. The van der Waals surface area contributed by atoms with Crippen molar-refractivity contribution in [1.29, 1.82) is 0 Å². The maximum Gasteiger partial charge on any atom is 0.155 e. The zero-order valence-corrected chi connectivity index (χ0v) is 26.7. The van der Waals surface area contributed by atoms with Gasteiger partial charge in [-0.1, -0.05) is 147 Å². The molecule has 0 atom stereocenters. The highest BCUT2D eigenvalue weighted by Gasteiger charge is 2.38. The molecule has 0 N–H and O–H groups in total. The van der Waals surface area contributed by atoms with Crippen LogP contribution < -0.4 is 4.90 Å². The molecule has 226 valence electrons. The van der Waals surface area contributed by atoms with Crippen molar-refractivity contribution in [2.75, 3.05) is 4.90 Å². The van der Waals surface area contributed by atoms with E-state index < -0.39 is 0 Å². The number of aryl methyl sites for hydroxylation is 1. The van der Waals surface area contributed by atoms with Crippen molar-refractivity contribution in [2.24, 2.45) is 0 Å². The highest BCUT2D eigenvalue weighted by atomic mass is 16.3. The van der Waals surface area contributed by atoms with Gasteiger partial charge in [0.1, 0.15) is 5.58 Å². The second-order valence-corrected chi connectivity index (χ2v) is 13.2. The Bertz CT molecular complexity index is 2310. The molecule has 0 amide bonds. The van der Waals surface area contributed by atoms with Gasteiger partial charge in [0.15, 0.2) is 5.76 Å². The van der Waals surface area contributed by atoms with Crippen LogP contribution in [0.25, 0.3) is 50.0 Å². The lowest BCUT2D eigenvalue weighted by Crippen LogP contribution is -2.19. The van der Waals surface area contributed by atoms with E-state index in [4.69, 9.17) is 4.42 Å². The largest absolute Gasteiger partial charge is 0.454 e. The summed E-state index contributed by atoms with van der Waals surface area (Å²) in [5.41, 5.74) is 15.6. The van der Waals surface area contributed by atoms with Gasteiger partial charge in [-0.2, -0.15) is 0 Å². The molecule has 2 aliphatic rings. The summed E-state index contributed by atoms with van der Waals surface area (Å²) in [4.78, 5) is 2.45. The Balaban J connectivity index is 1.27. The Morgan fingerprint density at radius 2 is 1.21 bits per heavy atom. The molecular formula is C45H35NO. The summed E-state index contributed by atoms with van der Waals surface area (Å²) in [5, 5.41) is 1.20. The van der Waals surface area contributed by atoms with E-state index >= 15 is 0 Å². The van der Waals surface area contributed by atoms with Gasteiger partial charge in [-0.25, -0.2) is 0 Å². The maximum atomic E-state index is 7.03. The molecule has 6 aromatic carbocycles. The predicted octanol–water partition coefficient (Wildman–Crippen LogP) is 12.2. The zero-order valence-electron chi connectivity index (χ0n) is 26.7. The van der Waals surface area contributed by atoms with Crippen LogP contribution in [0.15, 0.2) is 156 Å². The molecule has 0 fully saturated rings. The average Bonchev–Trinajstić information content (AvgIpc) is 3.63. The first-order valence-electron chi connectivity index (χ1n) is 16.6. The van der Waals surface area contributed by atoms with Crippen LogP contribution >= 0.6 is 0 Å². The molecule has 2 heteroatoms. The van der Waals surface area contributed by atoms with E-state index in [2.05, 4.69) is 170 Å². The maximum absolute atomic E-state index is 7.03. The lowest BCUT2D eigenvalue weighted by Gasteiger charge is -2.31. The molecule has 0 saturated heterocycles. The van der Waals surface area contributed by atoms with Gasteiger partial charge < -0.3 is 9.32 Å². The number of rotatable bonds is 5. The lowest BCUT2D eigenvalue weighted by molar-refractivity contribution is 0.589. The Hall–Kier alpha value is -5.60. The molecule has 7 aromatic rings. The van der Waals surface area contributed by atoms with Crippen LogP contribution in [0.3, 0.4) is 0 Å². The fourth-order valence-electron chi connectivity index (χ4n) is 7.87. The van der Waals surface area contributed by atoms with Crippen LogP contribution in [-0.4, -0.2) is 0 Å². The molecular weight excluding hydrogens is 571 g/mol. The van der Waals surface area contributed by atoms with Crippen molar-refractivity contribution in [3.63, 3.8) is 0 Å². The van der Waals surface area contributed by atoms with Crippen molar-refractivity contribution in [3.05, 3.63) is 174 Å². The molecule has 0 radical (unpaired) electrons. The van der Waals surface area contributed by atoms with E-state index in [-0.39, 0.29) is 5.41 Å². The van der Waals surface area contributed by atoms with Crippen molar-refractivity contribution in [3.8, 4) is 33.4 Å². The quantitative estimate of drug-likeness (QED) is 0.194. The molecule has 1 heterocycles. The molecule has 0 spiro atoms. The third-order valence-electron chi connectivity index (χ3n) is 10.2. The summed E-state index contributed by atoms with van der Waals surface area (Å²) in [5.74, 6) is 0.963. The fourth-order valence-corrected chi connectivity index (χ4v) is 7.87. The first kappa shape index (κ1) is 27.7. The zero-order chi connectivity index (χ0) is 31.5. The number of para-hydroxylation sites is 1. The number of hydrogen-bond acceptors (Lipinski definition) is 2. The van der Waals surface area contributed by atoms with E-state index in [0.29, 0.717) is 0 Å². The summed E-state index contributed by atoms with van der Waals surface area (Å²) in [6.07, 6.45) is 4.28. The summed E-state index contributed by atoms with van der Waals surface area (Å²) < 4.78 is 7.03. The molecule has 0 saturated carbocycles. The van der Waals surface area contributed by atoms with Crippen molar-refractivity contribution in [2.45, 2.75) is 32.1 Å². The Morgan fingerprint density at radius 3 is 2.00 bits per heavy atom. The second-order valence-electron chi connectivity index (χ2n) is 13.2. The highest BCUT2D eigenvalue weighted by Crippen LogP contribution is 2.55. The minimum absolute atomic E-state index is 0.0964. The predicted molar refractivity (Wildman–Crippen MR) is 196 cm³/mol. The minimum Gasteiger partial charge on any atom is -0.454 e. The van der Waals surface area contributed by atoms with Crippen molar-refractivity contribution < 1.29 is 4.42 Å². The normalized spacial score (nSPS) is 14.3. The minimum atomic E-state index is -0.0964. The topological polar surface area (TPSA) is 16.4 Å². The molecule has 2 nitrogen and oxygen atoms in total. The van der Waals surface area contributed by atoms with Gasteiger partial charge >= 0.3 is 0 Å². The molecule has 0 aliphatic heterocycles. The monoisotopic (exact) mass is 605 g/mol. The van der Waals surface area contributed by atoms with Crippen molar-refractivity contribution >= 4 is 28.0 Å². The highest BCUT2D eigenvalue weighted by molar-refractivity contribution is 6.02. The molecule has 9 rings (SSSR count). The SMILES string of the molecule is CC1(C)c2ccccc2-c2c(N(C3=CCCc4c3oc3c(-c5ccccc5)cccc43)c3ccc(-c4ccccc4)cc3)cccc21. The van der Waals surface area contributed by atoms with Gasteiger partial charge in [0, 0.05) is 33.2 Å². The van der Waals surface area contributed by atoms with Crippen molar-refractivity contribution in [1.82, 2.24) is 0 Å². The molecule has 0 unspecified atom stereocenters. The molecule has 2 aliphatic carbocycles. The number of anilines is 2. The van der Waals surface area contributed by atoms with E-state index in [0.717, 1.165) is 41.1 Å². The summed E-state index contributed by atoms with van der Waals surface area (Å²) in [6, 6.07) is 52.5. The molecule has 0 bridgehead atoms.